The van der Waals surface area contributed by atoms with E-state index in [9.17, 15) is 4.79 Å². The van der Waals surface area contributed by atoms with Crippen LogP contribution >= 0.6 is 0 Å². The van der Waals surface area contributed by atoms with Crippen LogP contribution in [0, 0.1) is 24.7 Å². The van der Waals surface area contributed by atoms with Crippen molar-refractivity contribution in [2.45, 2.75) is 45.6 Å². The zero-order chi connectivity index (χ0) is 14.8. The summed E-state index contributed by atoms with van der Waals surface area (Å²) < 4.78 is 1.87. The number of carbonyl (C=O) groups is 1. The van der Waals surface area contributed by atoms with Gasteiger partial charge in [0.25, 0.3) is 5.91 Å². The van der Waals surface area contributed by atoms with Gasteiger partial charge in [0, 0.05) is 18.8 Å². The molecular weight excluding hydrogens is 264 g/mol. The first kappa shape index (κ1) is 14.6. The van der Waals surface area contributed by atoms with Crippen molar-refractivity contribution in [1.82, 2.24) is 15.1 Å². The Morgan fingerprint density at radius 2 is 2.33 bits per heavy atom. The minimum atomic E-state index is 0.0225. The quantitative estimate of drug-likeness (QED) is 0.837. The van der Waals surface area contributed by atoms with E-state index in [0.717, 1.165) is 37.0 Å². The number of fused-ring (bicyclic) bond motifs is 2. The van der Waals surface area contributed by atoms with Gasteiger partial charge in [-0.05, 0) is 56.9 Å². The van der Waals surface area contributed by atoms with Crippen molar-refractivity contribution in [3.63, 3.8) is 0 Å². The fourth-order valence-corrected chi connectivity index (χ4v) is 4.08. The van der Waals surface area contributed by atoms with E-state index >= 15 is 0 Å². The minimum absolute atomic E-state index is 0.0225. The Kier molecular flexibility index (Phi) is 4.29. The summed E-state index contributed by atoms with van der Waals surface area (Å²) in [4.78, 5) is 12.3. The standard InChI is InChI=1S/C16H26N4O/c1-11-15(10-19-20(11)6-2-5-17)16(21)18-9-14-8-12-3-4-13(14)7-12/h10,12-14H,2-9,17H2,1H3,(H,18,21). The third-order valence-electron chi connectivity index (χ3n) is 5.33. The molecule has 2 fully saturated rings. The van der Waals surface area contributed by atoms with Crippen molar-refractivity contribution in [3.8, 4) is 0 Å². The van der Waals surface area contributed by atoms with Gasteiger partial charge in [-0.15, -0.1) is 0 Å². The van der Waals surface area contributed by atoms with E-state index in [2.05, 4.69) is 10.4 Å². The predicted molar refractivity (Wildman–Crippen MR) is 81.9 cm³/mol. The molecule has 0 saturated heterocycles. The van der Waals surface area contributed by atoms with E-state index < -0.39 is 0 Å². The van der Waals surface area contributed by atoms with Crippen LogP contribution in [-0.4, -0.2) is 28.8 Å². The van der Waals surface area contributed by atoms with E-state index in [1.54, 1.807) is 6.20 Å². The molecule has 2 saturated carbocycles. The lowest BCUT2D eigenvalue weighted by Crippen LogP contribution is -2.31. The molecule has 0 aromatic carbocycles. The van der Waals surface area contributed by atoms with E-state index in [4.69, 9.17) is 5.73 Å². The Hall–Kier alpha value is -1.36. The number of aryl methyl sites for hydroxylation is 1. The van der Waals surface area contributed by atoms with Gasteiger partial charge in [-0.25, -0.2) is 0 Å². The lowest BCUT2D eigenvalue weighted by molar-refractivity contribution is 0.0941. The van der Waals surface area contributed by atoms with E-state index in [-0.39, 0.29) is 5.91 Å². The zero-order valence-electron chi connectivity index (χ0n) is 12.8. The second kappa shape index (κ2) is 6.18. The summed E-state index contributed by atoms with van der Waals surface area (Å²) in [6.07, 6.45) is 8.02. The molecular formula is C16H26N4O. The van der Waals surface area contributed by atoms with Gasteiger partial charge < -0.3 is 11.1 Å². The first-order chi connectivity index (χ1) is 10.2. The Bertz CT molecular complexity index is 510. The fourth-order valence-electron chi connectivity index (χ4n) is 4.08. The summed E-state index contributed by atoms with van der Waals surface area (Å²) in [5.74, 6) is 2.50. The summed E-state index contributed by atoms with van der Waals surface area (Å²) in [5, 5.41) is 7.41. The lowest BCUT2D eigenvalue weighted by atomic mass is 9.89. The van der Waals surface area contributed by atoms with Crippen molar-refractivity contribution in [3.05, 3.63) is 17.5 Å². The van der Waals surface area contributed by atoms with Crippen molar-refractivity contribution in [2.24, 2.45) is 23.5 Å². The zero-order valence-corrected chi connectivity index (χ0v) is 12.8. The minimum Gasteiger partial charge on any atom is -0.352 e. The number of nitrogens with one attached hydrogen (secondary N) is 1. The van der Waals surface area contributed by atoms with Gasteiger partial charge in [0.1, 0.15) is 0 Å². The summed E-state index contributed by atoms with van der Waals surface area (Å²) in [7, 11) is 0. The maximum absolute atomic E-state index is 12.3. The second-order valence-corrected chi connectivity index (χ2v) is 6.65. The second-order valence-electron chi connectivity index (χ2n) is 6.65. The molecule has 1 aromatic heterocycles. The molecule has 2 aliphatic carbocycles. The van der Waals surface area contributed by atoms with Crippen LogP contribution in [0.5, 0.6) is 0 Å². The van der Waals surface area contributed by atoms with Crippen LogP contribution in [0.3, 0.4) is 0 Å². The molecule has 2 bridgehead atoms. The maximum Gasteiger partial charge on any atom is 0.254 e. The number of rotatable bonds is 6. The SMILES string of the molecule is Cc1c(C(=O)NCC2CC3CCC2C3)cnn1CCCN. The third kappa shape index (κ3) is 2.98. The van der Waals surface area contributed by atoms with Crippen LogP contribution in [-0.2, 0) is 6.54 Å². The highest BCUT2D eigenvalue weighted by molar-refractivity contribution is 5.95. The molecule has 5 nitrogen and oxygen atoms in total. The van der Waals surface area contributed by atoms with Crippen molar-refractivity contribution >= 4 is 5.91 Å². The normalized spacial score (nSPS) is 27.2. The molecule has 3 unspecified atom stereocenters. The number of hydrogen-bond donors (Lipinski definition) is 2. The molecule has 2 aliphatic rings. The molecule has 21 heavy (non-hydrogen) atoms. The average Bonchev–Trinajstić information content (AvgIpc) is 3.18. The molecule has 1 aromatic rings. The van der Waals surface area contributed by atoms with Gasteiger partial charge >= 0.3 is 0 Å². The van der Waals surface area contributed by atoms with Gasteiger partial charge in [0.2, 0.25) is 0 Å². The number of nitrogens with zero attached hydrogens (tertiary/aromatic N) is 2. The monoisotopic (exact) mass is 290 g/mol. The third-order valence-corrected chi connectivity index (χ3v) is 5.33. The van der Waals surface area contributed by atoms with Crippen LogP contribution in [0.15, 0.2) is 6.20 Å². The number of hydrogen-bond acceptors (Lipinski definition) is 3. The molecule has 0 radical (unpaired) electrons. The molecule has 3 rings (SSSR count). The smallest absolute Gasteiger partial charge is 0.254 e. The van der Waals surface area contributed by atoms with Crippen LogP contribution < -0.4 is 11.1 Å². The van der Waals surface area contributed by atoms with Crippen molar-refractivity contribution in [1.29, 1.82) is 0 Å². The molecule has 1 amide bonds. The number of carbonyl (C=O) groups excluding carboxylic acids is 1. The summed E-state index contributed by atoms with van der Waals surface area (Å²) in [6.45, 7) is 4.20. The molecule has 3 atom stereocenters. The Labute approximate surface area is 126 Å². The highest BCUT2D eigenvalue weighted by Gasteiger charge is 2.39. The van der Waals surface area contributed by atoms with E-state index in [0.29, 0.717) is 18.0 Å². The van der Waals surface area contributed by atoms with Crippen LogP contribution in [0.4, 0.5) is 0 Å². The van der Waals surface area contributed by atoms with Gasteiger partial charge in [-0.2, -0.15) is 5.10 Å². The molecule has 5 heteroatoms. The first-order valence-electron chi connectivity index (χ1n) is 8.19. The Morgan fingerprint density at radius 1 is 1.48 bits per heavy atom. The lowest BCUT2D eigenvalue weighted by Gasteiger charge is -2.21. The molecule has 0 spiro atoms. The number of amides is 1. The number of aromatic nitrogens is 2. The molecule has 116 valence electrons. The average molecular weight is 290 g/mol. The van der Waals surface area contributed by atoms with Gasteiger partial charge in [-0.1, -0.05) is 6.42 Å². The molecule has 3 N–H and O–H groups in total. The highest BCUT2D eigenvalue weighted by Crippen LogP contribution is 2.47. The first-order valence-corrected chi connectivity index (χ1v) is 8.19. The van der Waals surface area contributed by atoms with Crippen LogP contribution in [0.1, 0.15) is 48.2 Å². The summed E-state index contributed by atoms with van der Waals surface area (Å²) in [5.41, 5.74) is 7.16. The van der Waals surface area contributed by atoms with Crippen LogP contribution in [0.2, 0.25) is 0 Å². The fraction of sp³-hybridized carbons (Fsp3) is 0.750. The largest absolute Gasteiger partial charge is 0.352 e. The number of nitrogens with two attached hydrogens (primary N) is 1. The molecule has 1 heterocycles. The maximum atomic E-state index is 12.3. The predicted octanol–water partition coefficient (Wildman–Crippen LogP) is 1.71. The van der Waals surface area contributed by atoms with Crippen molar-refractivity contribution in [2.75, 3.05) is 13.1 Å². The van der Waals surface area contributed by atoms with Gasteiger partial charge in [0.05, 0.1) is 11.8 Å². The van der Waals surface area contributed by atoms with Gasteiger partial charge in [0.15, 0.2) is 0 Å². The topological polar surface area (TPSA) is 72.9 Å². The molecule has 0 aliphatic heterocycles. The highest BCUT2D eigenvalue weighted by atomic mass is 16.1. The van der Waals surface area contributed by atoms with Crippen molar-refractivity contribution < 1.29 is 4.79 Å². The van der Waals surface area contributed by atoms with Gasteiger partial charge in [-0.3, -0.25) is 9.48 Å². The van der Waals surface area contributed by atoms with Crippen LogP contribution in [0.25, 0.3) is 0 Å². The van der Waals surface area contributed by atoms with E-state index in [1.807, 2.05) is 11.6 Å². The Morgan fingerprint density at radius 3 is 3.00 bits per heavy atom. The summed E-state index contributed by atoms with van der Waals surface area (Å²) in [6, 6.07) is 0. The Balaban J connectivity index is 1.54. The van der Waals surface area contributed by atoms with E-state index in [1.165, 1.54) is 25.7 Å². The summed E-state index contributed by atoms with van der Waals surface area (Å²) >= 11 is 0.